The van der Waals surface area contributed by atoms with Gasteiger partial charge in [-0.05, 0) is 29.8 Å². The molecule has 0 fully saturated rings. The number of rotatable bonds is 5. The second-order valence-electron chi connectivity index (χ2n) is 5.09. The first-order chi connectivity index (χ1) is 11.6. The highest BCUT2D eigenvalue weighted by Gasteiger charge is 2.26. The van der Waals surface area contributed by atoms with Gasteiger partial charge in [0.05, 0.1) is 25.1 Å². The lowest BCUT2D eigenvalue weighted by molar-refractivity contribution is 0.0647. The maximum Gasteiger partial charge on any atom is 0.356 e. The molecule has 0 saturated carbocycles. The molecule has 1 N–H and O–H groups in total. The molecule has 0 aliphatic heterocycles. The number of nitrogens with zero attached hydrogens (tertiary/aromatic N) is 1. The minimum atomic E-state index is -1.08. The minimum Gasteiger partial charge on any atom is -0.497 e. The van der Waals surface area contributed by atoms with Crippen molar-refractivity contribution < 1.29 is 24.2 Å². The Morgan fingerprint density at radius 3 is 2.25 bits per heavy atom. The molecule has 1 aromatic heterocycles. The fourth-order valence-corrected chi connectivity index (χ4v) is 2.87. The predicted molar refractivity (Wildman–Crippen MR) is 89.9 cm³/mol. The molecule has 24 heavy (non-hydrogen) atoms. The molecule has 0 bridgehead atoms. The first-order valence-electron chi connectivity index (χ1n) is 7.26. The summed E-state index contributed by atoms with van der Waals surface area (Å²) in [5.41, 5.74) is 1.94. The van der Waals surface area contributed by atoms with Crippen LogP contribution in [0, 0.1) is 0 Å². The molecule has 3 rings (SSSR count). The molecule has 124 valence electrons. The van der Waals surface area contributed by atoms with E-state index in [0.29, 0.717) is 28.0 Å². The van der Waals surface area contributed by atoms with Gasteiger partial charge in [0.2, 0.25) is 0 Å². The van der Waals surface area contributed by atoms with Crippen molar-refractivity contribution in [3.8, 4) is 22.6 Å². The topological polar surface area (TPSA) is 69.9 Å². The summed E-state index contributed by atoms with van der Waals surface area (Å²) in [5.74, 6) is 0.190. The lowest BCUT2D eigenvalue weighted by Gasteiger charge is -2.07. The maximum atomic E-state index is 11.9. The number of hydrogen-bond donors (Lipinski definition) is 1. The van der Waals surface area contributed by atoms with E-state index in [1.165, 1.54) is 11.8 Å². The summed E-state index contributed by atoms with van der Waals surface area (Å²) in [6.45, 7) is 0. The Morgan fingerprint density at radius 2 is 1.71 bits per heavy atom. The second kappa shape index (κ2) is 6.16. The SMILES string of the molecule is COc1ccc(-c2c(C(=O)O)n(OC)c3cccc(OC)c23)cc1. The van der Waals surface area contributed by atoms with Gasteiger partial charge in [0, 0.05) is 5.56 Å². The highest BCUT2D eigenvalue weighted by molar-refractivity contribution is 6.10. The second-order valence-corrected chi connectivity index (χ2v) is 5.09. The Morgan fingerprint density at radius 1 is 1.00 bits per heavy atom. The Balaban J connectivity index is 2.43. The molecule has 0 aliphatic rings. The molecular formula is C18H17NO5. The Bertz CT molecular complexity index is 896. The van der Waals surface area contributed by atoms with Crippen LogP contribution in [0.3, 0.4) is 0 Å². The minimum absolute atomic E-state index is 0.0437. The smallest absolute Gasteiger partial charge is 0.356 e. The quantitative estimate of drug-likeness (QED) is 0.780. The molecule has 0 aliphatic carbocycles. The number of carboxylic acid groups (broad SMARTS) is 1. The average molecular weight is 327 g/mol. The van der Waals surface area contributed by atoms with Crippen LogP contribution in [-0.4, -0.2) is 37.1 Å². The summed E-state index contributed by atoms with van der Waals surface area (Å²) in [5, 5.41) is 10.4. The van der Waals surface area contributed by atoms with E-state index in [4.69, 9.17) is 14.3 Å². The summed E-state index contributed by atoms with van der Waals surface area (Å²) in [6, 6.07) is 12.6. The zero-order valence-electron chi connectivity index (χ0n) is 13.6. The van der Waals surface area contributed by atoms with Crippen molar-refractivity contribution in [2.24, 2.45) is 0 Å². The molecule has 2 aromatic carbocycles. The first kappa shape index (κ1) is 15.7. The van der Waals surface area contributed by atoms with E-state index in [2.05, 4.69) is 0 Å². The number of carboxylic acids is 1. The van der Waals surface area contributed by atoms with Gasteiger partial charge in [-0.2, -0.15) is 4.73 Å². The Labute approximate surface area is 138 Å². The highest BCUT2D eigenvalue weighted by atomic mass is 16.6. The summed E-state index contributed by atoms with van der Waals surface area (Å²) < 4.78 is 11.9. The van der Waals surface area contributed by atoms with Crippen molar-refractivity contribution in [1.29, 1.82) is 0 Å². The average Bonchev–Trinajstić information content (AvgIpc) is 2.96. The van der Waals surface area contributed by atoms with Crippen LogP contribution in [0.5, 0.6) is 11.5 Å². The van der Waals surface area contributed by atoms with Gasteiger partial charge in [0.15, 0.2) is 5.69 Å². The van der Waals surface area contributed by atoms with Crippen LogP contribution in [0.15, 0.2) is 42.5 Å². The van der Waals surface area contributed by atoms with E-state index in [1.54, 1.807) is 44.6 Å². The number of hydrogen-bond acceptors (Lipinski definition) is 4. The van der Waals surface area contributed by atoms with Crippen molar-refractivity contribution >= 4 is 16.9 Å². The molecular weight excluding hydrogens is 310 g/mol. The van der Waals surface area contributed by atoms with Crippen LogP contribution >= 0.6 is 0 Å². The predicted octanol–water partition coefficient (Wildman–Crippen LogP) is 3.08. The molecule has 6 heteroatoms. The summed E-state index contributed by atoms with van der Waals surface area (Å²) in [7, 11) is 4.57. The third-order valence-corrected chi connectivity index (χ3v) is 3.90. The number of fused-ring (bicyclic) bond motifs is 1. The van der Waals surface area contributed by atoms with E-state index < -0.39 is 5.97 Å². The number of carbonyl (C=O) groups is 1. The Hall–Kier alpha value is -3.15. The van der Waals surface area contributed by atoms with Gasteiger partial charge in [0.25, 0.3) is 0 Å². The van der Waals surface area contributed by atoms with Gasteiger partial charge in [0.1, 0.15) is 18.6 Å². The summed E-state index contributed by atoms with van der Waals surface area (Å²) in [6.07, 6.45) is 0. The van der Waals surface area contributed by atoms with Crippen molar-refractivity contribution in [2.45, 2.75) is 0 Å². The van der Waals surface area contributed by atoms with Crippen LogP contribution in [-0.2, 0) is 0 Å². The zero-order valence-corrected chi connectivity index (χ0v) is 13.6. The number of aromatic nitrogens is 1. The number of benzene rings is 2. The van der Waals surface area contributed by atoms with Gasteiger partial charge in [-0.3, -0.25) is 0 Å². The normalized spacial score (nSPS) is 10.6. The fraction of sp³-hybridized carbons (Fsp3) is 0.167. The summed E-state index contributed by atoms with van der Waals surface area (Å²) in [4.78, 5) is 17.2. The molecule has 0 spiro atoms. The number of methoxy groups -OCH3 is 2. The van der Waals surface area contributed by atoms with Crippen LogP contribution in [0.25, 0.3) is 22.0 Å². The molecule has 0 unspecified atom stereocenters. The standard InChI is InChI=1S/C18H17NO5/c1-22-12-9-7-11(8-10-12)15-16-13(5-4-6-14(16)23-2)19(24-3)17(15)18(20)21/h4-10H,1-3H3,(H,20,21). The van der Waals surface area contributed by atoms with Crippen molar-refractivity contribution in [1.82, 2.24) is 4.73 Å². The van der Waals surface area contributed by atoms with Crippen molar-refractivity contribution in [3.05, 3.63) is 48.2 Å². The summed E-state index contributed by atoms with van der Waals surface area (Å²) >= 11 is 0. The van der Waals surface area contributed by atoms with Crippen LogP contribution in [0.4, 0.5) is 0 Å². The molecule has 1 heterocycles. The van der Waals surface area contributed by atoms with Crippen molar-refractivity contribution in [2.75, 3.05) is 21.3 Å². The van der Waals surface area contributed by atoms with Gasteiger partial charge in [-0.1, -0.05) is 18.2 Å². The van der Waals surface area contributed by atoms with Gasteiger partial charge in [-0.25, -0.2) is 4.79 Å². The van der Waals surface area contributed by atoms with E-state index in [0.717, 1.165) is 5.56 Å². The molecule has 0 saturated heterocycles. The van der Waals surface area contributed by atoms with E-state index in [1.807, 2.05) is 12.1 Å². The molecule has 0 amide bonds. The van der Waals surface area contributed by atoms with Gasteiger partial charge < -0.3 is 19.4 Å². The molecule has 3 aromatic rings. The molecule has 0 atom stereocenters. The number of ether oxygens (including phenoxy) is 2. The van der Waals surface area contributed by atoms with Gasteiger partial charge in [-0.15, -0.1) is 0 Å². The van der Waals surface area contributed by atoms with E-state index >= 15 is 0 Å². The zero-order chi connectivity index (χ0) is 17.3. The molecule has 0 radical (unpaired) electrons. The third-order valence-electron chi connectivity index (χ3n) is 3.90. The lowest BCUT2D eigenvalue weighted by Crippen LogP contribution is -2.14. The highest BCUT2D eigenvalue weighted by Crippen LogP contribution is 2.40. The van der Waals surface area contributed by atoms with E-state index in [9.17, 15) is 9.90 Å². The lowest BCUT2D eigenvalue weighted by atomic mass is 10.0. The van der Waals surface area contributed by atoms with Crippen LogP contribution < -0.4 is 14.3 Å². The fourth-order valence-electron chi connectivity index (χ4n) is 2.87. The Kier molecular flexibility index (Phi) is 4.04. The third kappa shape index (κ3) is 2.32. The van der Waals surface area contributed by atoms with Gasteiger partial charge >= 0.3 is 5.97 Å². The molecule has 6 nitrogen and oxygen atoms in total. The number of aromatic carboxylic acids is 1. The monoisotopic (exact) mass is 327 g/mol. The van der Waals surface area contributed by atoms with Crippen LogP contribution in [0.2, 0.25) is 0 Å². The first-order valence-corrected chi connectivity index (χ1v) is 7.26. The largest absolute Gasteiger partial charge is 0.497 e. The van der Waals surface area contributed by atoms with Crippen molar-refractivity contribution in [3.63, 3.8) is 0 Å². The van der Waals surface area contributed by atoms with E-state index in [-0.39, 0.29) is 5.69 Å². The van der Waals surface area contributed by atoms with Crippen LogP contribution in [0.1, 0.15) is 10.5 Å². The maximum absolute atomic E-state index is 11.9.